The van der Waals surface area contributed by atoms with E-state index in [1.165, 1.54) is 0 Å². The highest BCUT2D eigenvalue weighted by Crippen LogP contribution is 1.98. The van der Waals surface area contributed by atoms with Gasteiger partial charge in [-0.2, -0.15) is 0 Å². The molecule has 1 rings (SSSR count). The second-order valence-corrected chi connectivity index (χ2v) is 2.85. The van der Waals surface area contributed by atoms with Gasteiger partial charge in [0.25, 0.3) is 6.47 Å². The molecule has 1 aromatic rings. The van der Waals surface area contributed by atoms with Crippen LogP contribution in [-0.2, 0) is 20.9 Å². The summed E-state index contributed by atoms with van der Waals surface area (Å²) in [6.07, 6.45) is 2.61. The SMILES string of the molecule is CCCC=O.O=COCc1ccccc1. The van der Waals surface area contributed by atoms with Crippen molar-refractivity contribution in [3.8, 4) is 0 Å². The van der Waals surface area contributed by atoms with Crippen molar-refractivity contribution >= 4 is 12.8 Å². The van der Waals surface area contributed by atoms with Gasteiger partial charge >= 0.3 is 0 Å². The quantitative estimate of drug-likeness (QED) is 0.697. The Bertz CT molecular complexity index is 257. The van der Waals surface area contributed by atoms with E-state index in [0.29, 0.717) is 19.5 Å². The second-order valence-electron chi connectivity index (χ2n) is 2.85. The van der Waals surface area contributed by atoms with Crippen LogP contribution in [-0.4, -0.2) is 12.8 Å². The summed E-state index contributed by atoms with van der Waals surface area (Å²) in [5.41, 5.74) is 1.01. The van der Waals surface area contributed by atoms with E-state index in [0.717, 1.165) is 18.3 Å². The lowest BCUT2D eigenvalue weighted by Gasteiger charge is -1.95. The van der Waals surface area contributed by atoms with E-state index in [4.69, 9.17) is 0 Å². The van der Waals surface area contributed by atoms with Gasteiger partial charge < -0.3 is 9.53 Å². The molecule has 15 heavy (non-hydrogen) atoms. The first-order valence-electron chi connectivity index (χ1n) is 4.88. The summed E-state index contributed by atoms with van der Waals surface area (Å²) < 4.78 is 4.54. The molecule has 0 bridgehead atoms. The summed E-state index contributed by atoms with van der Waals surface area (Å²) in [7, 11) is 0. The third-order valence-corrected chi connectivity index (χ3v) is 1.57. The highest BCUT2D eigenvalue weighted by Gasteiger charge is 1.87. The van der Waals surface area contributed by atoms with Gasteiger partial charge in [-0.3, -0.25) is 4.79 Å². The van der Waals surface area contributed by atoms with E-state index < -0.39 is 0 Å². The summed E-state index contributed by atoms with van der Waals surface area (Å²) in [5.74, 6) is 0. The van der Waals surface area contributed by atoms with Gasteiger partial charge in [-0.1, -0.05) is 37.3 Å². The molecule has 0 amide bonds. The van der Waals surface area contributed by atoms with Crippen LogP contribution in [0.15, 0.2) is 30.3 Å². The second kappa shape index (κ2) is 10.4. The van der Waals surface area contributed by atoms with Crippen molar-refractivity contribution in [1.29, 1.82) is 0 Å². The molecule has 3 heteroatoms. The Labute approximate surface area is 90.1 Å². The average Bonchev–Trinajstić information content (AvgIpc) is 2.30. The van der Waals surface area contributed by atoms with Gasteiger partial charge in [-0.15, -0.1) is 0 Å². The summed E-state index contributed by atoms with van der Waals surface area (Å²) in [5, 5.41) is 0. The van der Waals surface area contributed by atoms with E-state index in [9.17, 15) is 9.59 Å². The minimum atomic E-state index is 0.365. The summed E-state index contributed by atoms with van der Waals surface area (Å²) in [6.45, 7) is 2.80. The standard InChI is InChI=1S/C8H8O2.C4H8O/c9-7-10-6-8-4-2-1-3-5-8;1-2-3-4-5/h1-5,7H,6H2;4H,2-3H2,1H3. The van der Waals surface area contributed by atoms with E-state index >= 15 is 0 Å². The fraction of sp³-hybridized carbons (Fsp3) is 0.333. The molecule has 0 aliphatic carbocycles. The maximum Gasteiger partial charge on any atom is 0.293 e. The minimum absolute atomic E-state index is 0.365. The summed E-state index contributed by atoms with van der Waals surface area (Å²) >= 11 is 0. The molecular weight excluding hydrogens is 192 g/mol. The van der Waals surface area contributed by atoms with Crippen molar-refractivity contribution in [2.75, 3.05) is 0 Å². The van der Waals surface area contributed by atoms with Crippen LogP contribution in [0.4, 0.5) is 0 Å². The number of hydrogen-bond acceptors (Lipinski definition) is 3. The molecule has 1 aromatic carbocycles. The maximum absolute atomic E-state index is 9.76. The Morgan fingerprint density at radius 2 is 1.87 bits per heavy atom. The number of unbranched alkanes of at least 4 members (excludes halogenated alkanes) is 1. The number of rotatable bonds is 5. The number of aldehydes is 1. The topological polar surface area (TPSA) is 43.4 Å². The molecule has 3 nitrogen and oxygen atoms in total. The summed E-state index contributed by atoms with van der Waals surface area (Å²) in [6, 6.07) is 9.55. The Kier molecular flexibility index (Phi) is 9.30. The van der Waals surface area contributed by atoms with Crippen molar-refractivity contribution in [2.24, 2.45) is 0 Å². The van der Waals surface area contributed by atoms with Gasteiger partial charge in [0.15, 0.2) is 0 Å². The van der Waals surface area contributed by atoms with Crippen molar-refractivity contribution < 1.29 is 14.3 Å². The molecule has 0 spiro atoms. The van der Waals surface area contributed by atoms with Crippen LogP contribution < -0.4 is 0 Å². The first-order valence-corrected chi connectivity index (χ1v) is 4.88. The van der Waals surface area contributed by atoms with E-state index in [-0.39, 0.29) is 0 Å². The smallest absolute Gasteiger partial charge is 0.293 e. The van der Waals surface area contributed by atoms with Crippen LogP contribution in [0.1, 0.15) is 25.3 Å². The Balaban J connectivity index is 0.000000336. The molecule has 0 saturated heterocycles. The molecule has 0 saturated carbocycles. The molecule has 0 aliphatic rings. The first-order chi connectivity index (χ1) is 7.35. The Morgan fingerprint density at radius 1 is 1.20 bits per heavy atom. The number of carbonyl (C=O) groups excluding carboxylic acids is 2. The zero-order valence-corrected chi connectivity index (χ0v) is 8.89. The molecule has 0 aromatic heterocycles. The molecular formula is C12H16O3. The molecule has 82 valence electrons. The van der Waals surface area contributed by atoms with E-state index in [2.05, 4.69) is 4.74 Å². The predicted molar refractivity (Wildman–Crippen MR) is 58.3 cm³/mol. The average molecular weight is 208 g/mol. The molecule has 0 aliphatic heterocycles. The summed E-state index contributed by atoms with van der Waals surface area (Å²) in [4.78, 5) is 19.2. The van der Waals surface area contributed by atoms with Crippen molar-refractivity contribution in [3.05, 3.63) is 35.9 Å². The third-order valence-electron chi connectivity index (χ3n) is 1.57. The molecule has 0 N–H and O–H groups in total. The number of benzene rings is 1. The van der Waals surface area contributed by atoms with Crippen LogP contribution in [0.3, 0.4) is 0 Å². The van der Waals surface area contributed by atoms with Crippen LogP contribution in [0.25, 0.3) is 0 Å². The molecule has 0 heterocycles. The maximum atomic E-state index is 9.76. The number of ether oxygens (including phenoxy) is 1. The zero-order valence-electron chi connectivity index (χ0n) is 8.89. The van der Waals surface area contributed by atoms with Crippen molar-refractivity contribution in [3.63, 3.8) is 0 Å². The minimum Gasteiger partial charge on any atom is -0.463 e. The van der Waals surface area contributed by atoms with E-state index in [1.807, 2.05) is 37.3 Å². The largest absolute Gasteiger partial charge is 0.463 e. The fourth-order valence-corrected chi connectivity index (χ4v) is 0.822. The highest BCUT2D eigenvalue weighted by atomic mass is 16.5. The Morgan fingerprint density at radius 3 is 2.27 bits per heavy atom. The van der Waals surface area contributed by atoms with Crippen LogP contribution >= 0.6 is 0 Å². The molecule has 0 fully saturated rings. The number of carbonyl (C=O) groups is 2. The van der Waals surface area contributed by atoms with Gasteiger partial charge in [0.1, 0.15) is 12.9 Å². The van der Waals surface area contributed by atoms with Crippen LogP contribution in [0, 0.1) is 0 Å². The fourth-order valence-electron chi connectivity index (χ4n) is 0.822. The lowest BCUT2D eigenvalue weighted by atomic mass is 10.2. The monoisotopic (exact) mass is 208 g/mol. The van der Waals surface area contributed by atoms with Crippen molar-refractivity contribution in [1.82, 2.24) is 0 Å². The molecule has 0 unspecified atom stereocenters. The lowest BCUT2D eigenvalue weighted by molar-refractivity contribution is -0.129. The van der Waals surface area contributed by atoms with E-state index in [1.54, 1.807) is 0 Å². The predicted octanol–water partition coefficient (Wildman–Crippen LogP) is 2.35. The van der Waals surface area contributed by atoms with Gasteiger partial charge in [-0.05, 0) is 12.0 Å². The third kappa shape index (κ3) is 8.68. The number of hydrogen-bond donors (Lipinski definition) is 0. The molecule has 0 radical (unpaired) electrons. The first kappa shape index (κ1) is 13.4. The molecule has 0 atom stereocenters. The van der Waals surface area contributed by atoms with Gasteiger partial charge in [0.05, 0.1) is 0 Å². The van der Waals surface area contributed by atoms with Crippen molar-refractivity contribution in [2.45, 2.75) is 26.4 Å². The van der Waals surface area contributed by atoms with Gasteiger partial charge in [0.2, 0.25) is 0 Å². The lowest BCUT2D eigenvalue weighted by Crippen LogP contribution is -1.88. The van der Waals surface area contributed by atoms with Crippen LogP contribution in [0.2, 0.25) is 0 Å². The van der Waals surface area contributed by atoms with Crippen LogP contribution in [0.5, 0.6) is 0 Å². The Hall–Kier alpha value is -1.64. The normalized spacial score (nSPS) is 8.33. The highest BCUT2D eigenvalue weighted by molar-refractivity contribution is 5.48. The van der Waals surface area contributed by atoms with Gasteiger partial charge in [-0.25, -0.2) is 0 Å². The van der Waals surface area contributed by atoms with Gasteiger partial charge in [0, 0.05) is 6.42 Å². The zero-order chi connectivity index (χ0) is 11.4.